The fraction of sp³-hybridized carbons (Fsp3) is 0.357. The molecule has 0 amide bonds. The van der Waals surface area contributed by atoms with Crippen LogP contribution in [0.4, 0.5) is 5.69 Å². The first-order chi connectivity index (χ1) is 10.9. The normalized spacial score (nSPS) is 13.9. The number of sulfonamides is 1. The lowest BCUT2D eigenvalue weighted by molar-refractivity contribution is 0.171. The highest BCUT2D eigenvalue weighted by Gasteiger charge is 2.24. The Labute approximate surface area is 139 Å². The lowest BCUT2D eigenvalue weighted by Crippen LogP contribution is -2.18. The number of nitrogens with zero attached hydrogens (tertiary/aromatic N) is 2. The van der Waals surface area contributed by atoms with Crippen molar-refractivity contribution in [2.75, 3.05) is 17.9 Å². The molecule has 1 aliphatic heterocycles. The average molecular weight is 358 g/mol. The van der Waals surface area contributed by atoms with Gasteiger partial charge in [-0.15, -0.1) is 0 Å². The third-order valence-electron chi connectivity index (χ3n) is 3.37. The molecule has 0 saturated heterocycles. The Kier molecular flexibility index (Phi) is 4.11. The molecule has 124 valence electrons. The maximum Gasteiger partial charge on any atom is 0.263 e. The zero-order valence-corrected chi connectivity index (χ0v) is 14.2. The van der Waals surface area contributed by atoms with Gasteiger partial charge in [-0.05, 0) is 6.42 Å². The molecule has 2 heterocycles. The van der Waals surface area contributed by atoms with E-state index in [-0.39, 0.29) is 9.92 Å². The van der Waals surface area contributed by atoms with Crippen molar-refractivity contribution in [1.29, 1.82) is 0 Å². The number of benzene rings is 1. The summed E-state index contributed by atoms with van der Waals surface area (Å²) < 4.78 is 40.2. The van der Waals surface area contributed by atoms with Gasteiger partial charge in [0, 0.05) is 25.4 Å². The predicted octanol–water partition coefficient (Wildman–Crippen LogP) is 2.21. The van der Waals surface area contributed by atoms with Crippen LogP contribution in [0.1, 0.15) is 12.6 Å². The molecule has 0 spiro atoms. The van der Waals surface area contributed by atoms with Crippen LogP contribution in [0, 0.1) is 0 Å². The Balaban J connectivity index is 1.99. The molecule has 0 aliphatic carbocycles. The van der Waals surface area contributed by atoms with E-state index in [0.29, 0.717) is 42.5 Å². The minimum Gasteiger partial charge on any atom is -0.486 e. The number of aryl methyl sites for hydroxylation is 2. The van der Waals surface area contributed by atoms with E-state index in [0.717, 1.165) is 0 Å². The molecule has 1 aliphatic rings. The smallest absolute Gasteiger partial charge is 0.263 e. The fourth-order valence-corrected chi connectivity index (χ4v) is 3.94. The Morgan fingerprint density at radius 1 is 1.30 bits per heavy atom. The van der Waals surface area contributed by atoms with Crippen molar-refractivity contribution in [2.45, 2.75) is 18.2 Å². The largest absolute Gasteiger partial charge is 0.486 e. The number of rotatable bonds is 4. The quantitative estimate of drug-likeness (QED) is 0.907. The van der Waals surface area contributed by atoms with Crippen LogP contribution in [0.3, 0.4) is 0 Å². The van der Waals surface area contributed by atoms with Crippen LogP contribution in [0.2, 0.25) is 5.02 Å². The van der Waals surface area contributed by atoms with Crippen LogP contribution in [0.5, 0.6) is 11.5 Å². The van der Waals surface area contributed by atoms with E-state index < -0.39 is 10.0 Å². The van der Waals surface area contributed by atoms with Gasteiger partial charge >= 0.3 is 0 Å². The molecule has 1 aromatic carbocycles. The van der Waals surface area contributed by atoms with Crippen molar-refractivity contribution in [3.05, 3.63) is 29.0 Å². The molecule has 1 N–H and O–H groups in total. The van der Waals surface area contributed by atoms with Crippen LogP contribution in [0.25, 0.3) is 0 Å². The van der Waals surface area contributed by atoms with Gasteiger partial charge in [-0.3, -0.25) is 9.40 Å². The van der Waals surface area contributed by atoms with Crippen LogP contribution >= 0.6 is 11.6 Å². The molecule has 0 atom stereocenters. The van der Waals surface area contributed by atoms with Crippen molar-refractivity contribution in [1.82, 2.24) is 9.78 Å². The molecule has 0 bridgehead atoms. The Morgan fingerprint density at radius 3 is 2.61 bits per heavy atom. The summed E-state index contributed by atoms with van der Waals surface area (Å²) in [5.74, 6) is 0.804. The Bertz CT molecular complexity index is 848. The van der Waals surface area contributed by atoms with E-state index in [1.807, 2.05) is 6.92 Å². The third-order valence-corrected chi connectivity index (χ3v) is 5.20. The van der Waals surface area contributed by atoms with E-state index in [2.05, 4.69) is 9.82 Å². The maximum atomic E-state index is 12.7. The molecule has 0 radical (unpaired) electrons. The molecule has 2 aromatic rings. The minimum atomic E-state index is -3.87. The zero-order chi connectivity index (χ0) is 16.6. The summed E-state index contributed by atoms with van der Waals surface area (Å²) in [4.78, 5) is -0.0608. The molecule has 1 aromatic heterocycles. The van der Waals surface area contributed by atoms with Crippen LogP contribution < -0.4 is 14.2 Å². The SMILES string of the molecule is CCc1nn(C)cc1NS(=O)(=O)c1cc2c(cc1Cl)OCCO2. The standard InChI is InChI=1S/C14H16ClN3O4S/c1-3-10-11(8-18(2)16-10)17-23(19,20)14-7-13-12(6-9(14)15)21-4-5-22-13/h6-8,17H,3-5H2,1-2H3. The molecule has 0 unspecified atom stereocenters. The number of hydrogen-bond acceptors (Lipinski definition) is 5. The number of fused-ring (bicyclic) bond motifs is 1. The summed E-state index contributed by atoms with van der Waals surface area (Å²) >= 11 is 6.12. The van der Waals surface area contributed by atoms with Crippen LogP contribution in [0.15, 0.2) is 23.2 Å². The summed E-state index contributed by atoms with van der Waals surface area (Å²) in [6.07, 6.45) is 2.22. The Hall–Kier alpha value is -1.93. The van der Waals surface area contributed by atoms with E-state index in [1.165, 1.54) is 12.1 Å². The zero-order valence-electron chi connectivity index (χ0n) is 12.7. The first kappa shape index (κ1) is 15.9. The third kappa shape index (κ3) is 3.09. The summed E-state index contributed by atoms with van der Waals surface area (Å²) in [5, 5.41) is 4.28. The van der Waals surface area contributed by atoms with Crippen molar-refractivity contribution >= 4 is 27.3 Å². The van der Waals surface area contributed by atoms with Gasteiger partial charge < -0.3 is 9.47 Å². The van der Waals surface area contributed by atoms with Gasteiger partial charge in [0.05, 0.1) is 16.4 Å². The number of halogens is 1. The van der Waals surface area contributed by atoms with Crippen molar-refractivity contribution in [3.8, 4) is 11.5 Å². The highest BCUT2D eigenvalue weighted by Crippen LogP contribution is 2.37. The average Bonchev–Trinajstić information content (AvgIpc) is 2.85. The summed E-state index contributed by atoms with van der Waals surface area (Å²) in [7, 11) is -2.14. The topological polar surface area (TPSA) is 82.5 Å². The van der Waals surface area contributed by atoms with E-state index in [9.17, 15) is 8.42 Å². The van der Waals surface area contributed by atoms with Crippen LogP contribution in [-0.4, -0.2) is 31.4 Å². The Morgan fingerprint density at radius 2 is 1.96 bits per heavy atom. The van der Waals surface area contributed by atoms with E-state index in [4.69, 9.17) is 21.1 Å². The highest BCUT2D eigenvalue weighted by atomic mass is 35.5. The molecule has 23 heavy (non-hydrogen) atoms. The molecular formula is C14H16ClN3O4S. The van der Waals surface area contributed by atoms with Gasteiger partial charge in [0.25, 0.3) is 10.0 Å². The highest BCUT2D eigenvalue weighted by molar-refractivity contribution is 7.92. The summed E-state index contributed by atoms with van der Waals surface area (Å²) in [6, 6.07) is 2.83. The van der Waals surface area contributed by atoms with Crippen molar-refractivity contribution < 1.29 is 17.9 Å². The molecule has 0 fully saturated rings. The van der Waals surface area contributed by atoms with Gasteiger partial charge in [-0.25, -0.2) is 8.42 Å². The monoisotopic (exact) mass is 357 g/mol. The first-order valence-electron chi connectivity index (χ1n) is 7.05. The number of nitrogens with one attached hydrogen (secondary N) is 1. The fourth-order valence-electron chi connectivity index (χ4n) is 2.33. The summed E-state index contributed by atoms with van der Waals surface area (Å²) in [5.41, 5.74) is 1.09. The lowest BCUT2D eigenvalue weighted by atomic mass is 10.3. The lowest BCUT2D eigenvalue weighted by Gasteiger charge is -2.20. The number of anilines is 1. The van der Waals surface area contributed by atoms with Gasteiger partial charge in [-0.2, -0.15) is 5.10 Å². The van der Waals surface area contributed by atoms with E-state index in [1.54, 1.807) is 17.9 Å². The molecule has 7 nitrogen and oxygen atoms in total. The predicted molar refractivity (Wildman–Crippen MR) is 85.8 cm³/mol. The van der Waals surface area contributed by atoms with Gasteiger partial charge in [-0.1, -0.05) is 18.5 Å². The number of ether oxygens (including phenoxy) is 2. The second kappa shape index (κ2) is 5.93. The number of aromatic nitrogens is 2. The second-order valence-corrected chi connectivity index (χ2v) is 7.11. The first-order valence-corrected chi connectivity index (χ1v) is 8.91. The van der Waals surface area contributed by atoms with Gasteiger partial charge in [0.15, 0.2) is 11.5 Å². The minimum absolute atomic E-state index is 0.0608. The molecule has 3 rings (SSSR count). The van der Waals surface area contributed by atoms with Gasteiger partial charge in [0.2, 0.25) is 0 Å². The maximum absolute atomic E-state index is 12.7. The van der Waals surface area contributed by atoms with Crippen molar-refractivity contribution in [2.24, 2.45) is 7.05 Å². The van der Waals surface area contributed by atoms with Crippen LogP contribution in [-0.2, 0) is 23.5 Å². The van der Waals surface area contributed by atoms with E-state index >= 15 is 0 Å². The second-order valence-electron chi connectivity index (χ2n) is 5.05. The van der Waals surface area contributed by atoms with Crippen molar-refractivity contribution in [3.63, 3.8) is 0 Å². The summed E-state index contributed by atoms with van der Waals surface area (Å²) in [6.45, 7) is 2.67. The molecular weight excluding hydrogens is 342 g/mol. The van der Waals surface area contributed by atoms with Gasteiger partial charge in [0.1, 0.15) is 18.1 Å². The molecule has 0 saturated carbocycles. The number of hydrogen-bond donors (Lipinski definition) is 1. The molecule has 9 heteroatoms.